The van der Waals surface area contributed by atoms with Crippen molar-refractivity contribution in [2.75, 3.05) is 26.3 Å². The molecule has 0 aliphatic carbocycles. The van der Waals surface area contributed by atoms with E-state index in [1.807, 2.05) is 0 Å². The van der Waals surface area contributed by atoms with E-state index in [1.165, 1.54) is 12.1 Å². The van der Waals surface area contributed by atoms with Gasteiger partial charge < -0.3 is 15.0 Å². The lowest BCUT2D eigenvalue weighted by molar-refractivity contribution is -0.137. The molecule has 0 bridgehead atoms. The zero-order chi connectivity index (χ0) is 17.2. The molecule has 0 spiro atoms. The van der Waals surface area contributed by atoms with Crippen LogP contribution in [0.25, 0.3) is 0 Å². The van der Waals surface area contributed by atoms with Crippen molar-refractivity contribution in [3.63, 3.8) is 0 Å². The third kappa shape index (κ3) is 4.08. The molecule has 0 saturated carbocycles. The van der Waals surface area contributed by atoms with Crippen LogP contribution >= 0.6 is 0 Å². The molecule has 3 rings (SSSR count). The summed E-state index contributed by atoms with van der Waals surface area (Å²) in [7, 11) is 0. The van der Waals surface area contributed by atoms with Gasteiger partial charge in [-0.1, -0.05) is 12.1 Å². The third-order valence-electron chi connectivity index (χ3n) is 4.56. The Balaban J connectivity index is 1.81. The van der Waals surface area contributed by atoms with E-state index in [0.29, 0.717) is 38.3 Å². The van der Waals surface area contributed by atoms with Crippen LogP contribution in [0, 0.1) is 0 Å². The number of hydrogen-bond donors (Lipinski definition) is 1. The number of amides is 1. The predicted molar refractivity (Wildman–Crippen MR) is 82.4 cm³/mol. The van der Waals surface area contributed by atoms with Gasteiger partial charge in [0, 0.05) is 32.2 Å². The highest BCUT2D eigenvalue weighted by molar-refractivity contribution is 5.78. The molecule has 1 amide bonds. The highest BCUT2D eigenvalue weighted by Crippen LogP contribution is 2.31. The summed E-state index contributed by atoms with van der Waals surface area (Å²) in [6, 6.07) is 5.12. The first-order chi connectivity index (χ1) is 11.4. The molecule has 2 atom stereocenters. The molecule has 2 heterocycles. The van der Waals surface area contributed by atoms with Crippen LogP contribution in [0.3, 0.4) is 0 Å². The highest BCUT2D eigenvalue weighted by Gasteiger charge is 2.32. The smallest absolute Gasteiger partial charge is 0.380 e. The van der Waals surface area contributed by atoms with Gasteiger partial charge in [-0.25, -0.2) is 0 Å². The Morgan fingerprint density at radius 3 is 2.83 bits per heavy atom. The second kappa shape index (κ2) is 7.11. The number of benzene rings is 1. The van der Waals surface area contributed by atoms with E-state index in [2.05, 4.69) is 5.32 Å². The molecular formula is C17H21F3N2O2. The molecule has 1 aromatic rings. The Morgan fingerprint density at radius 1 is 1.38 bits per heavy atom. The van der Waals surface area contributed by atoms with Crippen LogP contribution in [-0.4, -0.2) is 43.2 Å². The monoisotopic (exact) mass is 342 g/mol. The summed E-state index contributed by atoms with van der Waals surface area (Å²) in [6.07, 6.45) is -2.23. The van der Waals surface area contributed by atoms with E-state index in [4.69, 9.17) is 4.74 Å². The quantitative estimate of drug-likeness (QED) is 0.895. The van der Waals surface area contributed by atoms with Crippen LogP contribution in [0.15, 0.2) is 24.3 Å². The molecule has 0 radical (unpaired) electrons. The second-order valence-corrected chi connectivity index (χ2v) is 6.35. The summed E-state index contributed by atoms with van der Waals surface area (Å²) >= 11 is 0. The second-order valence-electron chi connectivity index (χ2n) is 6.35. The number of nitrogens with zero attached hydrogens (tertiary/aromatic N) is 1. The summed E-state index contributed by atoms with van der Waals surface area (Å²) in [5, 5.41) is 3.37. The average Bonchev–Trinajstić information content (AvgIpc) is 3.18. The molecular weight excluding hydrogens is 321 g/mol. The highest BCUT2D eigenvalue weighted by atomic mass is 19.4. The minimum Gasteiger partial charge on any atom is -0.380 e. The summed E-state index contributed by atoms with van der Waals surface area (Å²) in [5.41, 5.74) is -0.112. The Kier molecular flexibility index (Phi) is 5.10. The number of carbonyl (C=O) groups excluding carboxylic acids is 1. The first-order valence-corrected chi connectivity index (χ1v) is 8.22. The number of halogens is 3. The van der Waals surface area contributed by atoms with Gasteiger partial charge in [0.25, 0.3) is 0 Å². The number of nitrogens with one attached hydrogen (secondary N) is 1. The summed E-state index contributed by atoms with van der Waals surface area (Å²) < 4.78 is 44.3. The molecule has 2 fully saturated rings. The van der Waals surface area contributed by atoms with E-state index >= 15 is 0 Å². The van der Waals surface area contributed by atoms with E-state index in [-0.39, 0.29) is 18.0 Å². The van der Waals surface area contributed by atoms with Gasteiger partial charge in [-0.05, 0) is 30.5 Å². The van der Waals surface area contributed by atoms with Gasteiger partial charge in [0.1, 0.15) is 0 Å². The number of rotatable bonds is 5. The van der Waals surface area contributed by atoms with Gasteiger partial charge in [-0.3, -0.25) is 4.79 Å². The molecule has 24 heavy (non-hydrogen) atoms. The van der Waals surface area contributed by atoms with E-state index in [1.54, 1.807) is 11.0 Å². The minimum absolute atomic E-state index is 0.0662. The lowest BCUT2D eigenvalue weighted by Crippen LogP contribution is -2.40. The van der Waals surface area contributed by atoms with Gasteiger partial charge in [0.2, 0.25) is 5.91 Å². The maximum absolute atomic E-state index is 13.0. The molecule has 4 nitrogen and oxygen atoms in total. The zero-order valence-corrected chi connectivity index (χ0v) is 13.3. The maximum Gasteiger partial charge on any atom is 0.416 e. The standard InChI is InChI=1S/C17H21F3N2O2/c18-17(19,20)13-4-1-3-12(9-13)15(21-14-6-8-24-11-14)10-22-7-2-5-16(22)23/h1,3-4,9,14-15,21H,2,5-8,10-11H2/t14-,15+/m0/s1. The number of ether oxygens (including phenoxy) is 1. The van der Waals surface area contributed by atoms with Crippen molar-refractivity contribution in [2.45, 2.75) is 37.5 Å². The summed E-state index contributed by atoms with van der Waals surface area (Å²) in [4.78, 5) is 13.6. The molecule has 1 N–H and O–H groups in total. The predicted octanol–water partition coefficient (Wildman–Crippen LogP) is 2.75. The number of hydrogen-bond acceptors (Lipinski definition) is 3. The molecule has 0 unspecified atom stereocenters. The fourth-order valence-corrected chi connectivity index (χ4v) is 3.25. The van der Waals surface area contributed by atoms with Gasteiger partial charge in [0.05, 0.1) is 18.2 Å². The normalized spacial score (nSPS) is 23.0. The van der Waals surface area contributed by atoms with E-state index in [9.17, 15) is 18.0 Å². The molecule has 7 heteroatoms. The van der Waals surface area contributed by atoms with Crippen LogP contribution in [0.5, 0.6) is 0 Å². The maximum atomic E-state index is 13.0. The fraction of sp³-hybridized carbons (Fsp3) is 0.588. The summed E-state index contributed by atoms with van der Waals surface area (Å²) in [5.74, 6) is 0.0662. The van der Waals surface area contributed by atoms with Gasteiger partial charge >= 0.3 is 6.18 Å². The fourth-order valence-electron chi connectivity index (χ4n) is 3.25. The van der Waals surface area contributed by atoms with Crippen molar-refractivity contribution < 1.29 is 22.7 Å². The third-order valence-corrected chi connectivity index (χ3v) is 4.56. The summed E-state index contributed by atoms with van der Waals surface area (Å²) in [6.45, 7) is 2.24. The molecule has 0 aromatic heterocycles. The number of alkyl halides is 3. The SMILES string of the molecule is O=C1CCCN1C[C@@H](N[C@H]1CCOC1)c1cccc(C(F)(F)F)c1. The van der Waals surface area contributed by atoms with Crippen molar-refractivity contribution in [3.05, 3.63) is 35.4 Å². The largest absolute Gasteiger partial charge is 0.416 e. The van der Waals surface area contributed by atoms with Crippen molar-refractivity contribution in [1.29, 1.82) is 0 Å². The van der Waals surface area contributed by atoms with Gasteiger partial charge in [-0.2, -0.15) is 13.2 Å². The lowest BCUT2D eigenvalue weighted by Gasteiger charge is -2.28. The number of carbonyl (C=O) groups is 1. The van der Waals surface area contributed by atoms with Crippen LogP contribution in [-0.2, 0) is 15.7 Å². The van der Waals surface area contributed by atoms with Crippen LogP contribution < -0.4 is 5.32 Å². The van der Waals surface area contributed by atoms with Gasteiger partial charge in [-0.15, -0.1) is 0 Å². The zero-order valence-electron chi connectivity index (χ0n) is 13.3. The molecule has 2 saturated heterocycles. The van der Waals surface area contributed by atoms with Crippen LogP contribution in [0.1, 0.15) is 36.4 Å². The Bertz CT molecular complexity index is 585. The van der Waals surface area contributed by atoms with Crippen LogP contribution in [0.4, 0.5) is 13.2 Å². The van der Waals surface area contributed by atoms with E-state index in [0.717, 1.165) is 18.9 Å². The molecule has 2 aliphatic heterocycles. The Labute approximate surface area is 139 Å². The number of likely N-dealkylation sites (tertiary alicyclic amines) is 1. The average molecular weight is 342 g/mol. The van der Waals surface area contributed by atoms with Crippen LogP contribution in [0.2, 0.25) is 0 Å². The topological polar surface area (TPSA) is 41.6 Å². The first-order valence-electron chi connectivity index (χ1n) is 8.22. The first kappa shape index (κ1) is 17.2. The van der Waals surface area contributed by atoms with Crippen molar-refractivity contribution in [3.8, 4) is 0 Å². The lowest BCUT2D eigenvalue weighted by atomic mass is 10.0. The van der Waals surface area contributed by atoms with Crippen molar-refractivity contribution >= 4 is 5.91 Å². The minimum atomic E-state index is -4.37. The Morgan fingerprint density at radius 2 is 2.21 bits per heavy atom. The molecule has 1 aromatic carbocycles. The van der Waals surface area contributed by atoms with E-state index < -0.39 is 11.7 Å². The van der Waals surface area contributed by atoms with Crippen molar-refractivity contribution in [1.82, 2.24) is 10.2 Å². The van der Waals surface area contributed by atoms with Crippen molar-refractivity contribution in [2.24, 2.45) is 0 Å². The molecule has 132 valence electrons. The Hall–Kier alpha value is -1.60. The van der Waals surface area contributed by atoms with Gasteiger partial charge in [0.15, 0.2) is 0 Å². The molecule has 2 aliphatic rings.